The molecule has 0 aliphatic carbocycles. The number of aromatic nitrogens is 2. The van der Waals surface area contributed by atoms with Gasteiger partial charge in [0.15, 0.2) is 0 Å². The van der Waals surface area contributed by atoms with Crippen LogP contribution < -0.4 is 9.64 Å². The van der Waals surface area contributed by atoms with Gasteiger partial charge in [-0.1, -0.05) is 0 Å². The van der Waals surface area contributed by atoms with Crippen LogP contribution >= 0.6 is 0 Å². The van der Waals surface area contributed by atoms with Gasteiger partial charge in [0.25, 0.3) is 0 Å². The molecule has 3 rings (SSSR count). The average molecular weight is 316 g/mol. The van der Waals surface area contributed by atoms with Gasteiger partial charge in [0.1, 0.15) is 5.76 Å². The summed E-state index contributed by atoms with van der Waals surface area (Å²) in [6.45, 7) is 2.80. The summed E-state index contributed by atoms with van der Waals surface area (Å²) in [6, 6.07) is 5.45. The van der Waals surface area contributed by atoms with Gasteiger partial charge >= 0.3 is 0 Å². The van der Waals surface area contributed by atoms with Crippen molar-refractivity contribution in [3.05, 3.63) is 36.4 Å². The zero-order valence-corrected chi connectivity index (χ0v) is 13.1. The van der Waals surface area contributed by atoms with E-state index in [9.17, 15) is 4.79 Å². The zero-order valence-electron chi connectivity index (χ0n) is 13.1. The van der Waals surface area contributed by atoms with Gasteiger partial charge in [-0.3, -0.25) is 4.79 Å². The van der Waals surface area contributed by atoms with Crippen LogP contribution in [0.4, 0.5) is 5.95 Å². The number of piperazine rings is 1. The standard InChI is InChI=1S/C16H20N4O3/c1-22-14-6-7-17-16(18-14)20-10-8-19(9-11-20)15(21)5-4-13-3-2-12-23-13/h2-3,6-7,12H,4-5,8-11H2,1H3. The molecule has 0 bridgehead atoms. The molecule has 2 aromatic rings. The van der Waals surface area contributed by atoms with E-state index in [-0.39, 0.29) is 5.91 Å². The monoisotopic (exact) mass is 316 g/mol. The highest BCUT2D eigenvalue weighted by Crippen LogP contribution is 2.15. The topological polar surface area (TPSA) is 71.7 Å². The summed E-state index contributed by atoms with van der Waals surface area (Å²) in [5, 5.41) is 0. The predicted octanol–water partition coefficient (Wildman–Crippen LogP) is 1.36. The third-order valence-electron chi connectivity index (χ3n) is 3.91. The second kappa shape index (κ2) is 7.13. The van der Waals surface area contributed by atoms with E-state index in [0.29, 0.717) is 37.8 Å². The van der Waals surface area contributed by atoms with Crippen molar-refractivity contribution in [1.29, 1.82) is 0 Å². The van der Waals surface area contributed by atoms with Gasteiger partial charge in [-0.2, -0.15) is 4.98 Å². The molecule has 3 heterocycles. The number of carbonyl (C=O) groups is 1. The fraction of sp³-hybridized carbons (Fsp3) is 0.438. The molecular formula is C16H20N4O3. The van der Waals surface area contributed by atoms with E-state index in [1.807, 2.05) is 17.0 Å². The van der Waals surface area contributed by atoms with E-state index >= 15 is 0 Å². The maximum Gasteiger partial charge on any atom is 0.228 e. The van der Waals surface area contributed by atoms with Gasteiger partial charge in [-0.15, -0.1) is 0 Å². The van der Waals surface area contributed by atoms with Crippen molar-refractivity contribution < 1.29 is 13.9 Å². The Morgan fingerprint density at radius 1 is 1.30 bits per heavy atom. The fourth-order valence-corrected chi connectivity index (χ4v) is 2.60. The smallest absolute Gasteiger partial charge is 0.228 e. The van der Waals surface area contributed by atoms with Crippen molar-refractivity contribution in [2.45, 2.75) is 12.8 Å². The van der Waals surface area contributed by atoms with Crippen molar-refractivity contribution in [2.75, 3.05) is 38.2 Å². The second-order valence-corrected chi connectivity index (χ2v) is 5.35. The lowest BCUT2D eigenvalue weighted by molar-refractivity contribution is -0.131. The molecule has 0 atom stereocenters. The van der Waals surface area contributed by atoms with E-state index in [1.54, 1.807) is 25.6 Å². The molecule has 1 amide bonds. The molecule has 0 unspecified atom stereocenters. The van der Waals surface area contributed by atoms with Gasteiger partial charge in [0.2, 0.25) is 17.7 Å². The van der Waals surface area contributed by atoms with Crippen LogP contribution in [0.15, 0.2) is 35.1 Å². The molecule has 1 aliphatic heterocycles. The third-order valence-corrected chi connectivity index (χ3v) is 3.91. The van der Waals surface area contributed by atoms with Gasteiger partial charge in [-0.25, -0.2) is 4.98 Å². The Morgan fingerprint density at radius 2 is 2.13 bits per heavy atom. The first-order valence-electron chi connectivity index (χ1n) is 7.68. The number of ether oxygens (including phenoxy) is 1. The van der Waals surface area contributed by atoms with E-state index in [4.69, 9.17) is 9.15 Å². The summed E-state index contributed by atoms with van der Waals surface area (Å²) in [5.74, 6) is 2.20. The SMILES string of the molecule is COc1ccnc(N2CCN(C(=O)CCc3ccco3)CC2)n1. The molecule has 0 aromatic carbocycles. The number of hydrogen-bond acceptors (Lipinski definition) is 6. The molecular weight excluding hydrogens is 296 g/mol. The highest BCUT2D eigenvalue weighted by Gasteiger charge is 2.22. The highest BCUT2D eigenvalue weighted by molar-refractivity contribution is 5.76. The number of hydrogen-bond donors (Lipinski definition) is 0. The summed E-state index contributed by atoms with van der Waals surface area (Å²) < 4.78 is 10.4. The summed E-state index contributed by atoms with van der Waals surface area (Å²) in [5.41, 5.74) is 0. The van der Waals surface area contributed by atoms with Crippen molar-refractivity contribution in [3.63, 3.8) is 0 Å². The summed E-state index contributed by atoms with van der Waals surface area (Å²) in [7, 11) is 1.59. The number of furan rings is 1. The Kier molecular flexibility index (Phi) is 4.75. The predicted molar refractivity (Wildman–Crippen MR) is 84.4 cm³/mol. The average Bonchev–Trinajstić information content (AvgIpc) is 3.13. The number of nitrogens with zero attached hydrogens (tertiary/aromatic N) is 4. The largest absolute Gasteiger partial charge is 0.481 e. The highest BCUT2D eigenvalue weighted by atomic mass is 16.5. The minimum atomic E-state index is 0.160. The molecule has 2 aromatic heterocycles. The van der Waals surface area contributed by atoms with Crippen LogP contribution in [0, 0.1) is 0 Å². The maximum atomic E-state index is 12.3. The van der Waals surface area contributed by atoms with Crippen LogP contribution in [-0.2, 0) is 11.2 Å². The lowest BCUT2D eigenvalue weighted by Gasteiger charge is -2.34. The van der Waals surface area contributed by atoms with Crippen LogP contribution in [0.2, 0.25) is 0 Å². The molecule has 1 aliphatic rings. The maximum absolute atomic E-state index is 12.3. The first kappa shape index (κ1) is 15.3. The van der Waals surface area contributed by atoms with E-state index in [2.05, 4.69) is 14.9 Å². The van der Waals surface area contributed by atoms with Crippen molar-refractivity contribution in [1.82, 2.24) is 14.9 Å². The minimum absolute atomic E-state index is 0.160. The first-order chi connectivity index (χ1) is 11.3. The first-order valence-corrected chi connectivity index (χ1v) is 7.68. The van der Waals surface area contributed by atoms with Crippen LogP contribution in [0.25, 0.3) is 0 Å². The third kappa shape index (κ3) is 3.80. The van der Waals surface area contributed by atoms with Crippen molar-refractivity contribution in [2.24, 2.45) is 0 Å². The van der Waals surface area contributed by atoms with Crippen molar-refractivity contribution in [3.8, 4) is 5.88 Å². The minimum Gasteiger partial charge on any atom is -0.481 e. The quantitative estimate of drug-likeness (QED) is 0.829. The molecule has 7 nitrogen and oxygen atoms in total. The number of anilines is 1. The Hall–Kier alpha value is -2.57. The molecule has 23 heavy (non-hydrogen) atoms. The van der Waals surface area contributed by atoms with Gasteiger partial charge < -0.3 is 19.0 Å². The fourth-order valence-electron chi connectivity index (χ4n) is 2.60. The van der Waals surface area contributed by atoms with Gasteiger partial charge in [-0.05, 0) is 12.1 Å². The second-order valence-electron chi connectivity index (χ2n) is 5.35. The molecule has 122 valence electrons. The Bertz CT molecular complexity index is 637. The molecule has 0 N–H and O–H groups in total. The number of methoxy groups -OCH3 is 1. The summed E-state index contributed by atoms with van der Waals surface area (Å²) in [4.78, 5) is 24.8. The Morgan fingerprint density at radius 3 is 2.83 bits per heavy atom. The van der Waals surface area contributed by atoms with Crippen LogP contribution in [0.3, 0.4) is 0 Å². The Labute approximate surface area is 134 Å². The van der Waals surface area contributed by atoms with E-state index in [1.165, 1.54) is 0 Å². The van der Waals surface area contributed by atoms with Crippen LogP contribution in [-0.4, -0.2) is 54.1 Å². The molecule has 1 saturated heterocycles. The molecule has 0 spiro atoms. The number of carbonyl (C=O) groups excluding carboxylic acids is 1. The van der Waals surface area contributed by atoms with Gasteiger partial charge in [0.05, 0.1) is 13.4 Å². The lowest BCUT2D eigenvalue weighted by atomic mass is 10.2. The zero-order chi connectivity index (χ0) is 16.1. The Balaban J connectivity index is 1.50. The number of amides is 1. The van der Waals surface area contributed by atoms with Gasteiger partial charge in [0, 0.05) is 51.3 Å². The van der Waals surface area contributed by atoms with Crippen LogP contribution in [0.5, 0.6) is 5.88 Å². The van der Waals surface area contributed by atoms with E-state index in [0.717, 1.165) is 18.8 Å². The molecule has 7 heteroatoms. The molecule has 1 fully saturated rings. The number of aryl methyl sites for hydroxylation is 1. The van der Waals surface area contributed by atoms with E-state index < -0.39 is 0 Å². The lowest BCUT2D eigenvalue weighted by Crippen LogP contribution is -2.49. The molecule has 0 saturated carbocycles. The normalized spacial score (nSPS) is 14.8. The van der Waals surface area contributed by atoms with Crippen LogP contribution in [0.1, 0.15) is 12.2 Å². The number of rotatable bonds is 5. The summed E-state index contributed by atoms with van der Waals surface area (Å²) in [6.07, 6.45) is 4.43. The summed E-state index contributed by atoms with van der Waals surface area (Å²) >= 11 is 0. The van der Waals surface area contributed by atoms with Crippen molar-refractivity contribution >= 4 is 11.9 Å². The molecule has 0 radical (unpaired) electrons.